The minimum atomic E-state index is -0.134. The minimum absolute atomic E-state index is 0.00877. The molecule has 1 aromatic carbocycles. The standard InChI is InChI=1S/C17H20ClN3O2/c18-13-3-1-2-4-15(13)21-9-11(8-16(21)22)20-17(23)12-7-10-5-6-14(12)19-10/h1-4,10-12,14,19H,5-9H2,(H,20,23)/t10-,11?,12+,14+/m0/s1. The molecule has 2 amide bonds. The monoisotopic (exact) mass is 333 g/mol. The van der Waals surface area contributed by atoms with E-state index in [-0.39, 0.29) is 23.8 Å². The SMILES string of the molecule is O=C(NC1CC(=O)N(c2ccccc2Cl)C1)[C@@H]1C[C@@H]2CC[C@H]1N2. The molecule has 3 saturated heterocycles. The fourth-order valence-corrected chi connectivity index (χ4v) is 4.37. The molecule has 1 unspecified atom stereocenters. The third-order valence-electron chi connectivity index (χ3n) is 5.25. The van der Waals surface area contributed by atoms with Gasteiger partial charge in [0.25, 0.3) is 0 Å². The van der Waals surface area contributed by atoms with Crippen LogP contribution in [0.5, 0.6) is 0 Å². The zero-order chi connectivity index (χ0) is 16.0. The molecule has 4 atom stereocenters. The highest BCUT2D eigenvalue weighted by atomic mass is 35.5. The molecule has 2 bridgehead atoms. The molecule has 0 spiro atoms. The van der Waals surface area contributed by atoms with Crippen LogP contribution in [0.3, 0.4) is 0 Å². The summed E-state index contributed by atoms with van der Waals surface area (Å²) in [4.78, 5) is 26.4. The van der Waals surface area contributed by atoms with Crippen LogP contribution in [-0.2, 0) is 9.59 Å². The predicted octanol–water partition coefficient (Wildman–Crippen LogP) is 1.70. The fraction of sp³-hybridized carbons (Fsp3) is 0.529. The number of fused-ring (bicyclic) bond motifs is 2. The van der Waals surface area contributed by atoms with Gasteiger partial charge in [0, 0.05) is 25.0 Å². The van der Waals surface area contributed by atoms with Gasteiger partial charge in [0.05, 0.1) is 22.7 Å². The van der Waals surface area contributed by atoms with Crippen molar-refractivity contribution >= 4 is 29.1 Å². The van der Waals surface area contributed by atoms with Crippen LogP contribution >= 0.6 is 11.6 Å². The van der Waals surface area contributed by atoms with Crippen molar-refractivity contribution in [3.63, 3.8) is 0 Å². The van der Waals surface area contributed by atoms with Gasteiger partial charge < -0.3 is 15.5 Å². The number of nitrogens with zero attached hydrogens (tertiary/aromatic N) is 1. The third-order valence-corrected chi connectivity index (χ3v) is 5.57. The van der Waals surface area contributed by atoms with Gasteiger partial charge in [-0.3, -0.25) is 9.59 Å². The van der Waals surface area contributed by atoms with E-state index in [9.17, 15) is 9.59 Å². The van der Waals surface area contributed by atoms with Gasteiger partial charge >= 0.3 is 0 Å². The van der Waals surface area contributed by atoms with Gasteiger partial charge in [-0.05, 0) is 31.4 Å². The van der Waals surface area contributed by atoms with Crippen molar-refractivity contribution in [1.82, 2.24) is 10.6 Å². The molecule has 4 rings (SSSR count). The van der Waals surface area contributed by atoms with Crippen molar-refractivity contribution in [3.8, 4) is 0 Å². The molecule has 0 saturated carbocycles. The number of hydrogen-bond acceptors (Lipinski definition) is 3. The summed E-state index contributed by atoms with van der Waals surface area (Å²) in [5.41, 5.74) is 0.720. The molecule has 1 aromatic rings. The van der Waals surface area contributed by atoms with Crippen molar-refractivity contribution in [2.75, 3.05) is 11.4 Å². The van der Waals surface area contributed by atoms with Crippen molar-refractivity contribution in [1.29, 1.82) is 0 Å². The van der Waals surface area contributed by atoms with Crippen LogP contribution in [0.1, 0.15) is 25.7 Å². The number of benzene rings is 1. The Morgan fingerprint density at radius 1 is 1.30 bits per heavy atom. The second kappa shape index (κ2) is 5.80. The third kappa shape index (κ3) is 2.72. The Hall–Kier alpha value is -1.59. The molecular formula is C17H20ClN3O2. The number of hydrogen-bond donors (Lipinski definition) is 2. The molecule has 2 N–H and O–H groups in total. The highest BCUT2D eigenvalue weighted by Crippen LogP contribution is 2.34. The van der Waals surface area contributed by atoms with Crippen molar-refractivity contribution in [2.45, 2.75) is 43.8 Å². The van der Waals surface area contributed by atoms with E-state index < -0.39 is 0 Å². The summed E-state index contributed by atoms with van der Waals surface area (Å²) in [6.45, 7) is 0.489. The lowest BCUT2D eigenvalue weighted by molar-refractivity contribution is -0.126. The summed E-state index contributed by atoms with van der Waals surface area (Å²) in [5.74, 6) is 0.149. The molecule has 23 heavy (non-hydrogen) atoms. The minimum Gasteiger partial charge on any atom is -0.351 e. The number of halogens is 1. The Balaban J connectivity index is 1.41. The first-order valence-corrected chi connectivity index (χ1v) is 8.61. The van der Waals surface area contributed by atoms with Crippen LogP contribution in [0.4, 0.5) is 5.69 Å². The topological polar surface area (TPSA) is 61.4 Å². The van der Waals surface area contributed by atoms with Crippen LogP contribution in [0, 0.1) is 5.92 Å². The molecule has 0 radical (unpaired) electrons. The number of amides is 2. The summed E-state index contributed by atoms with van der Waals surface area (Å²) in [5, 5.41) is 7.11. The van der Waals surface area contributed by atoms with E-state index in [0.717, 1.165) is 18.5 Å². The quantitative estimate of drug-likeness (QED) is 0.885. The zero-order valence-corrected chi connectivity index (χ0v) is 13.6. The zero-order valence-electron chi connectivity index (χ0n) is 12.8. The van der Waals surface area contributed by atoms with Crippen LogP contribution < -0.4 is 15.5 Å². The molecule has 3 aliphatic heterocycles. The van der Waals surface area contributed by atoms with Gasteiger partial charge in [-0.2, -0.15) is 0 Å². The van der Waals surface area contributed by atoms with Gasteiger partial charge in [-0.25, -0.2) is 0 Å². The number of anilines is 1. The molecule has 0 aliphatic carbocycles. The lowest BCUT2D eigenvalue weighted by atomic mass is 9.88. The van der Waals surface area contributed by atoms with Crippen LogP contribution in [0.25, 0.3) is 0 Å². The highest BCUT2D eigenvalue weighted by Gasteiger charge is 2.44. The number of carbonyl (C=O) groups excluding carboxylic acids is 2. The van der Waals surface area contributed by atoms with E-state index >= 15 is 0 Å². The van der Waals surface area contributed by atoms with Crippen LogP contribution in [0.2, 0.25) is 5.02 Å². The van der Waals surface area contributed by atoms with Gasteiger partial charge in [-0.15, -0.1) is 0 Å². The molecular weight excluding hydrogens is 314 g/mol. The van der Waals surface area contributed by atoms with Crippen LogP contribution in [-0.4, -0.2) is 36.5 Å². The average Bonchev–Trinajstić information content (AvgIpc) is 3.23. The fourth-order valence-electron chi connectivity index (χ4n) is 4.13. The molecule has 3 aliphatic rings. The second-order valence-electron chi connectivity index (χ2n) is 6.76. The van der Waals surface area contributed by atoms with Gasteiger partial charge in [0.2, 0.25) is 11.8 Å². The maximum Gasteiger partial charge on any atom is 0.229 e. The predicted molar refractivity (Wildman–Crippen MR) is 88.4 cm³/mol. The first-order chi connectivity index (χ1) is 11.1. The normalized spacial score (nSPS) is 32.6. The Labute approximate surface area is 140 Å². The summed E-state index contributed by atoms with van der Waals surface area (Å²) >= 11 is 6.18. The molecule has 3 fully saturated rings. The second-order valence-corrected chi connectivity index (χ2v) is 7.16. The molecule has 0 aromatic heterocycles. The Kier molecular flexibility index (Phi) is 3.77. The molecule has 3 heterocycles. The average molecular weight is 334 g/mol. The number of nitrogens with one attached hydrogen (secondary N) is 2. The lowest BCUT2D eigenvalue weighted by Gasteiger charge is -2.22. The maximum atomic E-state index is 12.5. The summed E-state index contributed by atoms with van der Waals surface area (Å²) < 4.78 is 0. The van der Waals surface area contributed by atoms with Gasteiger partial charge in [0.15, 0.2) is 0 Å². The number of para-hydroxylation sites is 1. The maximum absolute atomic E-state index is 12.5. The van der Waals surface area contributed by atoms with E-state index in [1.807, 2.05) is 18.2 Å². The van der Waals surface area contributed by atoms with Crippen molar-refractivity contribution in [3.05, 3.63) is 29.3 Å². The summed E-state index contributed by atoms with van der Waals surface area (Å²) in [6, 6.07) is 8.00. The van der Waals surface area contributed by atoms with Crippen LogP contribution in [0.15, 0.2) is 24.3 Å². The van der Waals surface area contributed by atoms with E-state index in [0.29, 0.717) is 30.1 Å². The Bertz CT molecular complexity index is 650. The van der Waals surface area contributed by atoms with Gasteiger partial charge in [-0.1, -0.05) is 23.7 Å². The van der Waals surface area contributed by atoms with E-state index in [2.05, 4.69) is 10.6 Å². The van der Waals surface area contributed by atoms with Crippen molar-refractivity contribution < 1.29 is 9.59 Å². The van der Waals surface area contributed by atoms with E-state index in [1.165, 1.54) is 6.42 Å². The van der Waals surface area contributed by atoms with Gasteiger partial charge in [0.1, 0.15) is 0 Å². The van der Waals surface area contributed by atoms with E-state index in [1.54, 1.807) is 11.0 Å². The molecule has 5 nitrogen and oxygen atoms in total. The first-order valence-electron chi connectivity index (χ1n) is 8.23. The first kappa shape index (κ1) is 15.0. The molecule has 122 valence electrons. The number of rotatable bonds is 3. The summed E-state index contributed by atoms with van der Waals surface area (Å²) in [7, 11) is 0. The largest absolute Gasteiger partial charge is 0.351 e. The molecule has 6 heteroatoms. The lowest BCUT2D eigenvalue weighted by Crippen LogP contribution is -2.43. The highest BCUT2D eigenvalue weighted by molar-refractivity contribution is 6.33. The summed E-state index contributed by atoms with van der Waals surface area (Å²) in [6.07, 6.45) is 3.52. The Morgan fingerprint density at radius 2 is 2.13 bits per heavy atom. The van der Waals surface area contributed by atoms with E-state index in [4.69, 9.17) is 11.6 Å². The van der Waals surface area contributed by atoms with Crippen molar-refractivity contribution in [2.24, 2.45) is 5.92 Å². The Morgan fingerprint density at radius 3 is 2.83 bits per heavy atom. The smallest absolute Gasteiger partial charge is 0.229 e. The number of carbonyl (C=O) groups is 2.